The Bertz CT molecular complexity index is 780. The van der Waals surface area contributed by atoms with E-state index in [9.17, 15) is 9.18 Å². The van der Waals surface area contributed by atoms with Crippen LogP contribution in [0.4, 0.5) is 4.39 Å². The first-order valence-electron chi connectivity index (χ1n) is 8.47. The quantitative estimate of drug-likeness (QED) is 0.824. The molecule has 1 unspecified atom stereocenters. The van der Waals surface area contributed by atoms with Gasteiger partial charge >= 0.3 is 0 Å². The van der Waals surface area contributed by atoms with Crippen molar-refractivity contribution in [2.45, 2.75) is 12.5 Å². The van der Waals surface area contributed by atoms with Crippen molar-refractivity contribution < 1.29 is 23.4 Å². The van der Waals surface area contributed by atoms with Gasteiger partial charge in [0.2, 0.25) is 5.91 Å². The number of halogens is 1. The highest BCUT2D eigenvalue weighted by Gasteiger charge is 2.27. The summed E-state index contributed by atoms with van der Waals surface area (Å²) in [4.78, 5) is 14.4. The van der Waals surface area contributed by atoms with Crippen molar-refractivity contribution in [3.8, 4) is 11.5 Å². The third kappa shape index (κ3) is 3.96. The summed E-state index contributed by atoms with van der Waals surface area (Å²) in [6.45, 7) is 1.22. The molecule has 1 saturated heterocycles. The number of amides is 1. The van der Waals surface area contributed by atoms with Gasteiger partial charge in [0, 0.05) is 12.1 Å². The van der Waals surface area contributed by atoms with E-state index in [1.54, 1.807) is 49.5 Å². The number of rotatable bonds is 5. The molecule has 0 aliphatic carbocycles. The number of hydrogen-bond acceptors (Lipinski definition) is 4. The summed E-state index contributed by atoms with van der Waals surface area (Å²) in [6, 6.07) is 11.9. The first-order valence-corrected chi connectivity index (χ1v) is 8.47. The molecule has 0 aromatic heterocycles. The van der Waals surface area contributed by atoms with E-state index < -0.39 is 6.10 Å². The minimum Gasteiger partial charge on any atom is -0.493 e. The molecule has 0 radical (unpaired) electrons. The van der Waals surface area contributed by atoms with E-state index in [1.807, 2.05) is 6.07 Å². The maximum atomic E-state index is 14.0. The molecule has 2 aromatic rings. The Hall–Kier alpha value is -2.60. The fourth-order valence-electron chi connectivity index (χ4n) is 3.08. The fraction of sp³-hybridized carbons (Fsp3) is 0.350. The Balaban J connectivity index is 1.69. The highest BCUT2D eigenvalue weighted by molar-refractivity contribution is 5.79. The summed E-state index contributed by atoms with van der Waals surface area (Å²) < 4.78 is 30.2. The lowest BCUT2D eigenvalue weighted by Crippen LogP contribution is -2.43. The van der Waals surface area contributed by atoms with Gasteiger partial charge in [0.25, 0.3) is 0 Å². The third-order valence-electron chi connectivity index (χ3n) is 4.47. The van der Waals surface area contributed by atoms with Gasteiger partial charge in [-0.2, -0.15) is 0 Å². The average Bonchev–Trinajstić information content (AvgIpc) is 2.68. The molecule has 2 aromatic carbocycles. The van der Waals surface area contributed by atoms with E-state index in [0.717, 1.165) is 5.56 Å². The van der Waals surface area contributed by atoms with E-state index >= 15 is 0 Å². The molecule has 0 saturated carbocycles. The smallest absolute Gasteiger partial charge is 0.227 e. The van der Waals surface area contributed by atoms with Crippen LogP contribution < -0.4 is 9.47 Å². The predicted octanol–water partition coefficient (Wildman–Crippen LogP) is 2.99. The van der Waals surface area contributed by atoms with Crippen molar-refractivity contribution in [2.75, 3.05) is 33.9 Å². The van der Waals surface area contributed by atoms with Crippen LogP contribution in [0.5, 0.6) is 11.5 Å². The van der Waals surface area contributed by atoms with Gasteiger partial charge in [0.15, 0.2) is 11.5 Å². The van der Waals surface area contributed by atoms with Crippen LogP contribution in [-0.4, -0.2) is 44.7 Å². The maximum absolute atomic E-state index is 14.0. The summed E-state index contributed by atoms with van der Waals surface area (Å²) >= 11 is 0. The van der Waals surface area contributed by atoms with Crippen LogP contribution in [0.15, 0.2) is 42.5 Å². The summed E-state index contributed by atoms with van der Waals surface area (Å²) in [5.41, 5.74) is 1.32. The molecular weight excluding hydrogens is 337 g/mol. The van der Waals surface area contributed by atoms with Crippen LogP contribution in [0.25, 0.3) is 0 Å². The van der Waals surface area contributed by atoms with Crippen molar-refractivity contribution >= 4 is 5.91 Å². The number of nitrogens with zero attached hydrogens (tertiary/aromatic N) is 1. The molecule has 6 heteroatoms. The fourth-order valence-corrected chi connectivity index (χ4v) is 3.08. The predicted molar refractivity (Wildman–Crippen MR) is 94.9 cm³/mol. The number of benzene rings is 2. The minimum atomic E-state index is -0.445. The zero-order valence-electron chi connectivity index (χ0n) is 14.9. The van der Waals surface area contributed by atoms with E-state index in [-0.39, 0.29) is 18.1 Å². The molecule has 0 bridgehead atoms. The Kier molecular flexibility index (Phi) is 5.73. The molecule has 138 valence electrons. The van der Waals surface area contributed by atoms with Gasteiger partial charge in [-0.05, 0) is 23.8 Å². The molecule has 0 N–H and O–H groups in total. The Labute approximate surface area is 152 Å². The summed E-state index contributed by atoms with van der Waals surface area (Å²) in [5, 5.41) is 0. The van der Waals surface area contributed by atoms with Gasteiger partial charge < -0.3 is 19.1 Å². The molecule has 3 rings (SSSR count). The van der Waals surface area contributed by atoms with Gasteiger partial charge in [-0.1, -0.05) is 24.3 Å². The molecule has 5 nitrogen and oxygen atoms in total. The summed E-state index contributed by atoms with van der Waals surface area (Å²) in [7, 11) is 3.13. The van der Waals surface area contributed by atoms with E-state index in [4.69, 9.17) is 14.2 Å². The van der Waals surface area contributed by atoms with Gasteiger partial charge in [-0.3, -0.25) is 4.79 Å². The second kappa shape index (κ2) is 8.19. The van der Waals surface area contributed by atoms with E-state index in [1.165, 1.54) is 6.07 Å². The Morgan fingerprint density at radius 3 is 2.69 bits per heavy atom. The number of carbonyl (C=O) groups excluding carboxylic acids is 1. The monoisotopic (exact) mass is 359 g/mol. The van der Waals surface area contributed by atoms with Crippen molar-refractivity contribution in [1.29, 1.82) is 0 Å². The third-order valence-corrected chi connectivity index (χ3v) is 4.47. The van der Waals surface area contributed by atoms with Crippen LogP contribution in [0.3, 0.4) is 0 Å². The lowest BCUT2D eigenvalue weighted by atomic mass is 10.1. The first-order chi connectivity index (χ1) is 12.6. The number of ether oxygens (including phenoxy) is 3. The molecule has 0 spiro atoms. The maximum Gasteiger partial charge on any atom is 0.227 e. The van der Waals surface area contributed by atoms with Gasteiger partial charge in [-0.25, -0.2) is 4.39 Å². The molecule has 1 amide bonds. The standard InChI is InChI=1S/C20H22FNO4/c1-24-17-8-7-14(11-18(17)25-2)12-20(23)22-9-10-26-19(13-22)15-5-3-4-6-16(15)21/h3-8,11,19H,9-10,12-13H2,1-2H3. The number of morpholine rings is 1. The van der Waals surface area contributed by atoms with Crippen LogP contribution in [-0.2, 0) is 16.0 Å². The second-order valence-electron chi connectivity index (χ2n) is 6.09. The SMILES string of the molecule is COc1ccc(CC(=O)N2CCOC(c3ccccc3F)C2)cc1OC. The van der Waals surface area contributed by atoms with Crippen molar-refractivity contribution in [3.63, 3.8) is 0 Å². The molecule has 26 heavy (non-hydrogen) atoms. The lowest BCUT2D eigenvalue weighted by molar-refractivity contribution is -0.138. The number of methoxy groups -OCH3 is 2. The van der Waals surface area contributed by atoms with Crippen LogP contribution in [0.1, 0.15) is 17.2 Å². The van der Waals surface area contributed by atoms with E-state index in [0.29, 0.717) is 36.8 Å². The van der Waals surface area contributed by atoms with Crippen molar-refractivity contribution in [1.82, 2.24) is 4.90 Å². The topological polar surface area (TPSA) is 48.0 Å². The average molecular weight is 359 g/mol. The van der Waals surface area contributed by atoms with Gasteiger partial charge in [0.05, 0.1) is 33.8 Å². The Morgan fingerprint density at radius 2 is 1.96 bits per heavy atom. The van der Waals surface area contributed by atoms with Crippen molar-refractivity contribution in [3.05, 3.63) is 59.4 Å². The molecule has 1 heterocycles. The molecule has 1 fully saturated rings. The normalized spacial score (nSPS) is 17.0. The van der Waals surface area contributed by atoms with Crippen LogP contribution in [0, 0.1) is 5.82 Å². The van der Waals surface area contributed by atoms with Crippen LogP contribution in [0.2, 0.25) is 0 Å². The highest BCUT2D eigenvalue weighted by atomic mass is 19.1. The molecule has 1 atom stereocenters. The molecular formula is C20H22FNO4. The zero-order valence-corrected chi connectivity index (χ0v) is 14.9. The van der Waals surface area contributed by atoms with Gasteiger partial charge in [0.1, 0.15) is 11.9 Å². The number of carbonyl (C=O) groups is 1. The lowest BCUT2D eigenvalue weighted by Gasteiger charge is -2.33. The number of hydrogen-bond donors (Lipinski definition) is 0. The first kappa shape index (κ1) is 18.2. The van der Waals surface area contributed by atoms with Crippen LogP contribution >= 0.6 is 0 Å². The van der Waals surface area contributed by atoms with Crippen molar-refractivity contribution in [2.24, 2.45) is 0 Å². The summed E-state index contributed by atoms with van der Waals surface area (Å²) in [6.07, 6.45) is -0.205. The Morgan fingerprint density at radius 1 is 1.19 bits per heavy atom. The summed E-state index contributed by atoms with van der Waals surface area (Å²) in [5.74, 6) is 0.868. The zero-order chi connectivity index (χ0) is 18.5. The second-order valence-corrected chi connectivity index (χ2v) is 6.09. The van der Waals surface area contributed by atoms with E-state index in [2.05, 4.69) is 0 Å². The molecule has 1 aliphatic heterocycles. The van der Waals surface area contributed by atoms with Gasteiger partial charge in [-0.15, -0.1) is 0 Å². The largest absolute Gasteiger partial charge is 0.493 e. The minimum absolute atomic E-state index is 0.0261. The highest BCUT2D eigenvalue weighted by Crippen LogP contribution is 2.28. The molecule has 1 aliphatic rings.